The van der Waals surface area contributed by atoms with Gasteiger partial charge in [0.1, 0.15) is 0 Å². The lowest BCUT2D eigenvalue weighted by Gasteiger charge is -2.23. The Labute approximate surface area is 175 Å². The number of aliphatic imine (C=N–C) groups is 1. The topological polar surface area (TPSA) is 99.7 Å². The first-order valence-corrected chi connectivity index (χ1v) is 10.8. The summed E-state index contributed by atoms with van der Waals surface area (Å²) in [5, 5.41) is 9.24. The SMILES string of the molecule is CN=C(NCCC(=O)NC1CCS(=O)(=O)C1)NC(C)CCC(C)(C)C.I. The van der Waals surface area contributed by atoms with Crippen molar-refractivity contribution in [3.05, 3.63) is 0 Å². The fourth-order valence-corrected chi connectivity index (χ4v) is 4.33. The van der Waals surface area contributed by atoms with Crippen LogP contribution >= 0.6 is 24.0 Å². The highest BCUT2D eigenvalue weighted by Crippen LogP contribution is 2.21. The van der Waals surface area contributed by atoms with Gasteiger partial charge in [-0.25, -0.2) is 8.42 Å². The van der Waals surface area contributed by atoms with Crippen LogP contribution < -0.4 is 16.0 Å². The van der Waals surface area contributed by atoms with E-state index in [0.717, 1.165) is 12.8 Å². The van der Waals surface area contributed by atoms with E-state index in [1.54, 1.807) is 7.05 Å². The average molecular weight is 502 g/mol. The molecule has 2 unspecified atom stereocenters. The summed E-state index contributed by atoms with van der Waals surface area (Å²) in [5.74, 6) is 0.767. The van der Waals surface area contributed by atoms with Crippen LogP contribution in [0, 0.1) is 5.41 Å². The molecule has 0 aromatic rings. The second kappa shape index (κ2) is 11.3. The number of halogens is 1. The molecule has 0 bridgehead atoms. The highest BCUT2D eigenvalue weighted by atomic mass is 127. The molecule has 0 radical (unpaired) electrons. The maximum Gasteiger partial charge on any atom is 0.222 e. The monoisotopic (exact) mass is 502 g/mol. The lowest BCUT2D eigenvalue weighted by molar-refractivity contribution is -0.121. The van der Waals surface area contributed by atoms with Gasteiger partial charge in [-0.15, -0.1) is 24.0 Å². The zero-order valence-corrected chi connectivity index (χ0v) is 19.7. The second-order valence-corrected chi connectivity index (χ2v) is 10.3. The van der Waals surface area contributed by atoms with Crippen molar-refractivity contribution in [3.63, 3.8) is 0 Å². The zero-order valence-electron chi connectivity index (χ0n) is 16.6. The Morgan fingerprint density at radius 3 is 2.46 bits per heavy atom. The van der Waals surface area contributed by atoms with Crippen molar-refractivity contribution in [2.24, 2.45) is 10.4 Å². The van der Waals surface area contributed by atoms with Crippen molar-refractivity contribution in [1.82, 2.24) is 16.0 Å². The summed E-state index contributed by atoms with van der Waals surface area (Å²) in [6.07, 6.45) is 2.95. The Morgan fingerprint density at radius 1 is 1.31 bits per heavy atom. The second-order valence-electron chi connectivity index (χ2n) is 8.06. The van der Waals surface area contributed by atoms with Crippen molar-refractivity contribution in [2.45, 2.75) is 65.5 Å². The summed E-state index contributed by atoms with van der Waals surface area (Å²) < 4.78 is 22.8. The predicted octanol–water partition coefficient (Wildman–Crippen LogP) is 1.68. The molecule has 0 spiro atoms. The molecule has 1 aliphatic rings. The van der Waals surface area contributed by atoms with Crippen LogP contribution in [0.4, 0.5) is 0 Å². The predicted molar refractivity (Wildman–Crippen MR) is 118 cm³/mol. The first-order valence-electron chi connectivity index (χ1n) is 8.98. The van der Waals surface area contributed by atoms with E-state index in [2.05, 4.69) is 48.6 Å². The molecule has 154 valence electrons. The zero-order chi connectivity index (χ0) is 19.1. The molecule has 0 aromatic carbocycles. The van der Waals surface area contributed by atoms with E-state index in [4.69, 9.17) is 0 Å². The molecular weight excluding hydrogens is 467 g/mol. The molecule has 1 aliphatic heterocycles. The summed E-state index contributed by atoms with van der Waals surface area (Å²) in [7, 11) is -1.26. The van der Waals surface area contributed by atoms with Gasteiger partial charge in [0.15, 0.2) is 15.8 Å². The van der Waals surface area contributed by atoms with Crippen molar-refractivity contribution in [1.29, 1.82) is 0 Å². The van der Waals surface area contributed by atoms with Crippen LogP contribution in [0.25, 0.3) is 0 Å². The number of nitrogens with one attached hydrogen (secondary N) is 3. The Bertz CT molecular complexity index is 573. The van der Waals surface area contributed by atoms with Crippen molar-refractivity contribution < 1.29 is 13.2 Å². The maximum absolute atomic E-state index is 11.9. The molecule has 1 rings (SSSR count). The summed E-state index contributed by atoms with van der Waals surface area (Å²) in [4.78, 5) is 16.1. The van der Waals surface area contributed by atoms with Crippen LogP contribution in [-0.4, -0.2) is 57.5 Å². The van der Waals surface area contributed by atoms with E-state index in [1.165, 1.54) is 0 Å². The number of hydrogen-bond acceptors (Lipinski definition) is 4. The molecule has 26 heavy (non-hydrogen) atoms. The molecule has 1 saturated heterocycles. The fourth-order valence-electron chi connectivity index (χ4n) is 2.65. The molecule has 0 aromatic heterocycles. The smallest absolute Gasteiger partial charge is 0.222 e. The first-order chi connectivity index (χ1) is 11.5. The Kier molecular flexibility index (Phi) is 11.1. The van der Waals surface area contributed by atoms with E-state index in [-0.39, 0.29) is 53.9 Å². The largest absolute Gasteiger partial charge is 0.356 e. The average Bonchev–Trinajstić information content (AvgIpc) is 2.82. The highest BCUT2D eigenvalue weighted by Gasteiger charge is 2.28. The van der Waals surface area contributed by atoms with Gasteiger partial charge in [0.2, 0.25) is 5.91 Å². The van der Waals surface area contributed by atoms with Gasteiger partial charge in [0, 0.05) is 32.1 Å². The van der Waals surface area contributed by atoms with E-state index in [0.29, 0.717) is 30.4 Å². The molecule has 1 heterocycles. The molecule has 1 amide bonds. The minimum Gasteiger partial charge on any atom is -0.356 e. The number of sulfone groups is 1. The van der Waals surface area contributed by atoms with Gasteiger partial charge < -0.3 is 16.0 Å². The van der Waals surface area contributed by atoms with Crippen molar-refractivity contribution >= 4 is 45.7 Å². The number of carbonyl (C=O) groups is 1. The van der Waals surface area contributed by atoms with Crippen LogP contribution in [0.5, 0.6) is 0 Å². The van der Waals surface area contributed by atoms with Gasteiger partial charge in [0.05, 0.1) is 11.5 Å². The third-order valence-corrected chi connectivity index (χ3v) is 5.94. The van der Waals surface area contributed by atoms with Gasteiger partial charge in [-0.2, -0.15) is 0 Å². The van der Waals surface area contributed by atoms with E-state index >= 15 is 0 Å². The number of rotatable bonds is 7. The minimum absolute atomic E-state index is 0. The fraction of sp³-hybridized carbons (Fsp3) is 0.882. The van der Waals surface area contributed by atoms with Gasteiger partial charge >= 0.3 is 0 Å². The third kappa shape index (κ3) is 11.2. The first kappa shape index (κ1) is 25.4. The molecule has 0 aliphatic carbocycles. The number of carbonyl (C=O) groups excluding carboxylic acids is 1. The van der Waals surface area contributed by atoms with Gasteiger partial charge in [-0.1, -0.05) is 20.8 Å². The van der Waals surface area contributed by atoms with Gasteiger partial charge in [0.25, 0.3) is 0 Å². The van der Waals surface area contributed by atoms with Crippen molar-refractivity contribution in [3.8, 4) is 0 Å². The summed E-state index contributed by atoms with van der Waals surface area (Å²) in [5.41, 5.74) is 0.304. The van der Waals surface area contributed by atoms with Crippen LogP contribution in [-0.2, 0) is 14.6 Å². The summed E-state index contributed by atoms with van der Waals surface area (Å²) in [6.45, 7) is 9.24. The van der Waals surface area contributed by atoms with Gasteiger partial charge in [-0.05, 0) is 31.6 Å². The number of amides is 1. The number of hydrogen-bond donors (Lipinski definition) is 3. The molecule has 0 saturated carbocycles. The van der Waals surface area contributed by atoms with Crippen molar-refractivity contribution in [2.75, 3.05) is 25.1 Å². The Hall–Kier alpha value is -0.580. The third-order valence-electron chi connectivity index (χ3n) is 4.18. The number of nitrogens with zero attached hydrogens (tertiary/aromatic N) is 1. The van der Waals surface area contributed by atoms with Crippen LogP contribution in [0.15, 0.2) is 4.99 Å². The lowest BCUT2D eigenvalue weighted by Crippen LogP contribution is -2.44. The molecule has 7 nitrogen and oxygen atoms in total. The quantitative estimate of drug-likeness (QED) is 0.280. The van der Waals surface area contributed by atoms with Gasteiger partial charge in [-0.3, -0.25) is 9.79 Å². The normalized spacial score (nSPS) is 20.8. The maximum atomic E-state index is 11.9. The van der Waals surface area contributed by atoms with Crippen LogP contribution in [0.2, 0.25) is 0 Å². The molecule has 1 fully saturated rings. The number of guanidine groups is 1. The lowest BCUT2D eigenvalue weighted by atomic mass is 9.89. The molecule has 3 N–H and O–H groups in total. The molecule has 9 heteroatoms. The van der Waals surface area contributed by atoms with E-state index < -0.39 is 9.84 Å². The highest BCUT2D eigenvalue weighted by molar-refractivity contribution is 14.0. The minimum atomic E-state index is -2.97. The molecule has 2 atom stereocenters. The van der Waals surface area contributed by atoms with E-state index in [1.807, 2.05) is 0 Å². The standard InChI is InChI=1S/C17H34N4O3S.HI/c1-13(6-9-17(2,3)4)20-16(18-5)19-10-7-15(22)21-14-8-11-25(23,24)12-14;/h13-14H,6-12H2,1-5H3,(H,21,22)(H2,18,19,20);1H. The van der Waals surface area contributed by atoms with E-state index in [9.17, 15) is 13.2 Å². The Balaban J connectivity index is 0.00000625. The molecular formula is C17H35IN4O3S. The summed E-state index contributed by atoms with van der Waals surface area (Å²) >= 11 is 0. The van der Waals surface area contributed by atoms with Crippen LogP contribution in [0.3, 0.4) is 0 Å². The Morgan fingerprint density at radius 2 is 1.96 bits per heavy atom. The summed E-state index contributed by atoms with van der Waals surface area (Å²) in [6, 6.07) is 0.0512. The van der Waals surface area contributed by atoms with Crippen LogP contribution in [0.1, 0.15) is 53.4 Å².